The zero-order chi connectivity index (χ0) is 14.9. The number of rotatable bonds is 6. The fraction of sp³-hybridized carbons (Fsp3) is 0.312. The van der Waals surface area contributed by atoms with Gasteiger partial charge in [-0.1, -0.05) is 12.1 Å². The van der Waals surface area contributed by atoms with Crippen LogP contribution in [0, 0.1) is 0 Å². The summed E-state index contributed by atoms with van der Waals surface area (Å²) in [5.74, 6) is 2.50. The Morgan fingerprint density at radius 2 is 2.00 bits per heavy atom. The van der Waals surface area contributed by atoms with Gasteiger partial charge >= 0.3 is 0 Å². The van der Waals surface area contributed by atoms with Crippen LogP contribution in [0.4, 0.5) is 0 Å². The van der Waals surface area contributed by atoms with E-state index in [9.17, 15) is 0 Å². The van der Waals surface area contributed by atoms with E-state index < -0.39 is 0 Å². The molecule has 1 aromatic carbocycles. The first-order chi connectivity index (χ1) is 10.3. The number of aliphatic imine (C=N–C) groups is 1. The molecule has 0 amide bonds. The number of ether oxygens (including phenoxy) is 1. The maximum atomic E-state index is 5.29. The summed E-state index contributed by atoms with van der Waals surface area (Å²) >= 11 is 0. The Bertz CT molecular complexity index is 547. The van der Waals surface area contributed by atoms with Crippen molar-refractivity contribution in [3.8, 4) is 5.75 Å². The molecule has 21 heavy (non-hydrogen) atoms. The Morgan fingerprint density at radius 3 is 2.62 bits per heavy atom. The standard InChI is InChI=1S/C16H21N3O2/c1-3-17-16(19-12-15-5-4-10-21-15)18-11-13-6-8-14(20-2)9-7-13/h4-10H,3,11-12H2,1-2H3,(H2,17,18,19). The summed E-state index contributed by atoms with van der Waals surface area (Å²) in [4.78, 5) is 4.55. The minimum atomic E-state index is 0.609. The van der Waals surface area contributed by atoms with E-state index in [0.717, 1.165) is 29.6 Å². The summed E-state index contributed by atoms with van der Waals surface area (Å²) in [5.41, 5.74) is 1.13. The number of guanidine groups is 1. The Kier molecular flexibility index (Phi) is 5.70. The third-order valence-corrected chi connectivity index (χ3v) is 2.93. The van der Waals surface area contributed by atoms with Gasteiger partial charge in [-0.15, -0.1) is 0 Å². The summed E-state index contributed by atoms with van der Waals surface area (Å²) in [5, 5.41) is 6.45. The van der Waals surface area contributed by atoms with Crippen molar-refractivity contribution in [2.24, 2.45) is 4.99 Å². The second-order valence-corrected chi connectivity index (χ2v) is 4.48. The van der Waals surface area contributed by atoms with Crippen LogP contribution in [0.2, 0.25) is 0 Å². The molecule has 0 aliphatic rings. The van der Waals surface area contributed by atoms with Gasteiger partial charge in [0.1, 0.15) is 11.5 Å². The number of hydrogen-bond donors (Lipinski definition) is 2. The second kappa shape index (κ2) is 7.99. The topological polar surface area (TPSA) is 58.8 Å². The molecule has 5 heteroatoms. The molecular weight excluding hydrogens is 266 g/mol. The van der Waals surface area contributed by atoms with Crippen molar-refractivity contribution in [2.45, 2.75) is 20.0 Å². The Balaban J connectivity index is 1.92. The predicted octanol–water partition coefficient (Wildman–Crippen LogP) is 2.54. The third kappa shape index (κ3) is 4.87. The highest BCUT2D eigenvalue weighted by Crippen LogP contribution is 2.11. The molecule has 2 rings (SSSR count). The Labute approximate surface area is 125 Å². The monoisotopic (exact) mass is 287 g/mol. The van der Waals surface area contributed by atoms with Gasteiger partial charge in [-0.2, -0.15) is 0 Å². The average Bonchev–Trinajstić information content (AvgIpc) is 3.04. The highest BCUT2D eigenvalue weighted by Gasteiger charge is 2.00. The van der Waals surface area contributed by atoms with E-state index in [-0.39, 0.29) is 0 Å². The molecule has 0 spiro atoms. The van der Waals surface area contributed by atoms with Gasteiger partial charge < -0.3 is 19.8 Å². The molecule has 5 nitrogen and oxygen atoms in total. The van der Waals surface area contributed by atoms with E-state index in [4.69, 9.17) is 9.15 Å². The van der Waals surface area contributed by atoms with E-state index >= 15 is 0 Å². The lowest BCUT2D eigenvalue weighted by atomic mass is 10.2. The van der Waals surface area contributed by atoms with E-state index in [1.165, 1.54) is 0 Å². The third-order valence-electron chi connectivity index (χ3n) is 2.93. The molecule has 0 unspecified atom stereocenters. The molecule has 1 heterocycles. The number of benzene rings is 1. The largest absolute Gasteiger partial charge is 0.497 e. The van der Waals surface area contributed by atoms with E-state index in [1.54, 1.807) is 13.4 Å². The molecule has 0 saturated heterocycles. The predicted molar refractivity (Wildman–Crippen MR) is 83.4 cm³/mol. The van der Waals surface area contributed by atoms with Crippen LogP contribution in [0.3, 0.4) is 0 Å². The minimum Gasteiger partial charge on any atom is -0.497 e. The minimum absolute atomic E-state index is 0.609. The van der Waals surface area contributed by atoms with Crippen LogP contribution in [0.1, 0.15) is 18.2 Å². The molecule has 2 aromatic rings. The van der Waals surface area contributed by atoms with Crippen molar-refractivity contribution in [3.63, 3.8) is 0 Å². The van der Waals surface area contributed by atoms with Crippen LogP contribution in [-0.4, -0.2) is 19.6 Å². The SMILES string of the molecule is CCNC(=NCc1ccc(OC)cc1)NCc1ccco1. The number of nitrogens with zero attached hydrogens (tertiary/aromatic N) is 1. The van der Waals surface area contributed by atoms with E-state index in [0.29, 0.717) is 13.1 Å². The van der Waals surface area contributed by atoms with Crippen molar-refractivity contribution in [1.29, 1.82) is 0 Å². The van der Waals surface area contributed by atoms with Gasteiger partial charge in [-0.05, 0) is 36.8 Å². The molecular formula is C16H21N3O2. The fourth-order valence-electron chi connectivity index (χ4n) is 1.83. The normalized spacial score (nSPS) is 11.2. The smallest absolute Gasteiger partial charge is 0.191 e. The number of methoxy groups -OCH3 is 1. The first kappa shape index (κ1) is 15.0. The second-order valence-electron chi connectivity index (χ2n) is 4.48. The molecule has 112 valence electrons. The molecule has 0 radical (unpaired) electrons. The number of hydrogen-bond acceptors (Lipinski definition) is 3. The lowest BCUT2D eigenvalue weighted by molar-refractivity contribution is 0.414. The molecule has 0 aliphatic carbocycles. The number of furan rings is 1. The van der Waals surface area contributed by atoms with Crippen molar-refractivity contribution in [3.05, 3.63) is 54.0 Å². The zero-order valence-corrected chi connectivity index (χ0v) is 12.4. The van der Waals surface area contributed by atoms with Gasteiger partial charge in [0.2, 0.25) is 0 Å². The molecule has 1 aromatic heterocycles. The van der Waals surface area contributed by atoms with Crippen LogP contribution in [0.5, 0.6) is 5.75 Å². The average molecular weight is 287 g/mol. The summed E-state index contributed by atoms with van der Waals surface area (Å²) in [7, 11) is 1.66. The van der Waals surface area contributed by atoms with Crippen LogP contribution in [0.15, 0.2) is 52.1 Å². The summed E-state index contributed by atoms with van der Waals surface area (Å²) < 4.78 is 10.4. The van der Waals surface area contributed by atoms with Crippen LogP contribution in [-0.2, 0) is 13.1 Å². The highest BCUT2D eigenvalue weighted by molar-refractivity contribution is 5.79. The zero-order valence-electron chi connectivity index (χ0n) is 12.4. The van der Waals surface area contributed by atoms with Crippen LogP contribution >= 0.6 is 0 Å². The Hall–Kier alpha value is -2.43. The lowest BCUT2D eigenvalue weighted by Crippen LogP contribution is -2.36. The summed E-state index contributed by atoms with van der Waals surface area (Å²) in [6.45, 7) is 4.07. The van der Waals surface area contributed by atoms with E-state index in [2.05, 4.69) is 15.6 Å². The lowest BCUT2D eigenvalue weighted by Gasteiger charge is -2.10. The summed E-state index contributed by atoms with van der Waals surface area (Å²) in [6, 6.07) is 11.7. The molecule has 0 aliphatic heterocycles. The van der Waals surface area contributed by atoms with Crippen molar-refractivity contribution in [2.75, 3.05) is 13.7 Å². The van der Waals surface area contributed by atoms with Crippen molar-refractivity contribution >= 4 is 5.96 Å². The van der Waals surface area contributed by atoms with E-state index in [1.807, 2.05) is 43.3 Å². The molecule has 0 fully saturated rings. The maximum Gasteiger partial charge on any atom is 0.191 e. The summed E-state index contributed by atoms with van der Waals surface area (Å²) in [6.07, 6.45) is 1.67. The van der Waals surface area contributed by atoms with Crippen LogP contribution in [0.25, 0.3) is 0 Å². The molecule has 0 atom stereocenters. The van der Waals surface area contributed by atoms with Gasteiger partial charge in [-0.25, -0.2) is 4.99 Å². The van der Waals surface area contributed by atoms with Gasteiger partial charge in [0.05, 0.1) is 26.5 Å². The highest BCUT2D eigenvalue weighted by atomic mass is 16.5. The molecule has 0 bridgehead atoms. The first-order valence-corrected chi connectivity index (χ1v) is 6.99. The fourth-order valence-corrected chi connectivity index (χ4v) is 1.83. The van der Waals surface area contributed by atoms with Gasteiger partial charge in [0.15, 0.2) is 5.96 Å². The van der Waals surface area contributed by atoms with Crippen molar-refractivity contribution < 1.29 is 9.15 Å². The first-order valence-electron chi connectivity index (χ1n) is 6.99. The maximum absolute atomic E-state index is 5.29. The van der Waals surface area contributed by atoms with Gasteiger partial charge in [0, 0.05) is 6.54 Å². The van der Waals surface area contributed by atoms with Crippen LogP contribution < -0.4 is 15.4 Å². The van der Waals surface area contributed by atoms with Gasteiger partial charge in [-0.3, -0.25) is 0 Å². The van der Waals surface area contributed by atoms with Crippen molar-refractivity contribution in [1.82, 2.24) is 10.6 Å². The molecule has 2 N–H and O–H groups in total. The quantitative estimate of drug-likeness (QED) is 0.633. The Morgan fingerprint density at radius 1 is 1.19 bits per heavy atom. The molecule has 0 saturated carbocycles. The van der Waals surface area contributed by atoms with Gasteiger partial charge in [0.25, 0.3) is 0 Å². The number of nitrogens with one attached hydrogen (secondary N) is 2.